The molecular formula is C18H17N3O2S. The third-order valence-electron chi connectivity index (χ3n) is 3.43. The fourth-order valence-corrected chi connectivity index (χ4v) is 2.97. The molecule has 0 radical (unpaired) electrons. The minimum absolute atomic E-state index is 0.236. The molecule has 0 fully saturated rings. The molecule has 2 N–H and O–H groups in total. The summed E-state index contributed by atoms with van der Waals surface area (Å²) in [4.78, 5) is 5.71. The van der Waals surface area contributed by atoms with E-state index in [0.29, 0.717) is 0 Å². The van der Waals surface area contributed by atoms with Gasteiger partial charge in [-0.3, -0.25) is 5.43 Å². The highest BCUT2D eigenvalue weighted by Crippen LogP contribution is 2.31. The van der Waals surface area contributed by atoms with Gasteiger partial charge in [-0.25, -0.2) is 4.98 Å². The highest BCUT2D eigenvalue weighted by Gasteiger charge is 2.09. The summed E-state index contributed by atoms with van der Waals surface area (Å²) in [7, 11) is 1.65. The fraction of sp³-hybridized carbons (Fsp3) is 0.111. The first-order chi connectivity index (χ1) is 11.7. The van der Waals surface area contributed by atoms with Crippen LogP contribution in [0.25, 0.3) is 11.3 Å². The highest BCUT2D eigenvalue weighted by atomic mass is 32.1. The summed E-state index contributed by atoms with van der Waals surface area (Å²) in [6.07, 6.45) is 1.68. The van der Waals surface area contributed by atoms with Gasteiger partial charge in [-0.1, -0.05) is 0 Å². The molecule has 0 aliphatic heterocycles. The van der Waals surface area contributed by atoms with Crippen molar-refractivity contribution >= 4 is 22.7 Å². The number of methoxy groups -OCH3 is 1. The zero-order valence-electron chi connectivity index (χ0n) is 13.4. The number of ether oxygens (including phenoxy) is 1. The molecule has 24 heavy (non-hydrogen) atoms. The Bertz CT molecular complexity index is 840. The van der Waals surface area contributed by atoms with Gasteiger partial charge < -0.3 is 9.84 Å². The zero-order chi connectivity index (χ0) is 16.9. The Kier molecular flexibility index (Phi) is 4.77. The van der Waals surface area contributed by atoms with E-state index in [4.69, 9.17) is 4.74 Å². The van der Waals surface area contributed by atoms with E-state index in [-0.39, 0.29) is 5.75 Å². The van der Waals surface area contributed by atoms with E-state index < -0.39 is 0 Å². The average molecular weight is 339 g/mol. The van der Waals surface area contributed by atoms with E-state index in [1.54, 1.807) is 48.9 Å². The molecule has 5 nitrogen and oxygen atoms in total. The van der Waals surface area contributed by atoms with Gasteiger partial charge in [0.2, 0.25) is 5.13 Å². The molecule has 0 amide bonds. The lowest BCUT2D eigenvalue weighted by Crippen LogP contribution is -1.90. The average Bonchev–Trinajstić information content (AvgIpc) is 2.97. The lowest BCUT2D eigenvalue weighted by atomic mass is 10.1. The number of aromatic nitrogens is 1. The predicted molar refractivity (Wildman–Crippen MR) is 98.2 cm³/mol. The highest BCUT2D eigenvalue weighted by molar-refractivity contribution is 7.15. The molecule has 3 aromatic rings. The minimum Gasteiger partial charge on any atom is -0.508 e. The third-order valence-corrected chi connectivity index (χ3v) is 4.30. The molecule has 0 atom stereocenters. The van der Waals surface area contributed by atoms with Crippen LogP contribution < -0.4 is 10.2 Å². The zero-order valence-corrected chi connectivity index (χ0v) is 14.2. The second-order valence-electron chi connectivity index (χ2n) is 5.11. The summed E-state index contributed by atoms with van der Waals surface area (Å²) in [5, 5.41) is 14.2. The third kappa shape index (κ3) is 3.72. The SMILES string of the molecule is COc1ccc(-c2nc(N/N=C\c3ccc(O)cc3)sc2C)cc1. The summed E-state index contributed by atoms with van der Waals surface area (Å²) >= 11 is 1.55. The van der Waals surface area contributed by atoms with Gasteiger partial charge in [0.25, 0.3) is 0 Å². The second kappa shape index (κ2) is 7.14. The number of nitrogens with zero attached hydrogens (tertiary/aromatic N) is 2. The summed E-state index contributed by atoms with van der Waals surface area (Å²) in [6.45, 7) is 2.03. The van der Waals surface area contributed by atoms with Crippen LogP contribution in [0, 0.1) is 6.92 Å². The number of rotatable bonds is 5. The summed E-state index contributed by atoms with van der Waals surface area (Å²) in [6, 6.07) is 14.6. The van der Waals surface area contributed by atoms with Gasteiger partial charge >= 0.3 is 0 Å². The van der Waals surface area contributed by atoms with Crippen molar-refractivity contribution in [1.29, 1.82) is 0 Å². The van der Waals surface area contributed by atoms with Crippen molar-refractivity contribution in [2.45, 2.75) is 6.92 Å². The molecule has 0 saturated heterocycles. The van der Waals surface area contributed by atoms with Crippen LogP contribution in [0.3, 0.4) is 0 Å². The number of phenolic OH excluding ortho intramolecular Hbond substituents is 1. The van der Waals surface area contributed by atoms with Gasteiger partial charge in [-0.2, -0.15) is 5.10 Å². The van der Waals surface area contributed by atoms with Crippen molar-refractivity contribution in [1.82, 2.24) is 4.98 Å². The molecule has 3 rings (SSSR count). The molecule has 0 saturated carbocycles. The van der Waals surface area contributed by atoms with E-state index in [9.17, 15) is 5.11 Å². The molecule has 0 spiro atoms. The maximum atomic E-state index is 9.26. The summed E-state index contributed by atoms with van der Waals surface area (Å²) in [5.74, 6) is 1.06. The monoisotopic (exact) mass is 339 g/mol. The van der Waals surface area contributed by atoms with Crippen LogP contribution in [-0.4, -0.2) is 23.4 Å². The number of phenols is 1. The van der Waals surface area contributed by atoms with E-state index >= 15 is 0 Å². The van der Waals surface area contributed by atoms with E-state index in [2.05, 4.69) is 15.5 Å². The number of aromatic hydroxyl groups is 1. The molecule has 2 aromatic carbocycles. The van der Waals surface area contributed by atoms with Gasteiger partial charge in [-0.15, -0.1) is 11.3 Å². The lowest BCUT2D eigenvalue weighted by Gasteiger charge is -2.01. The van der Waals surface area contributed by atoms with E-state index in [0.717, 1.165) is 32.6 Å². The van der Waals surface area contributed by atoms with Crippen molar-refractivity contribution in [2.75, 3.05) is 12.5 Å². The van der Waals surface area contributed by atoms with Crippen LogP contribution in [0.5, 0.6) is 11.5 Å². The predicted octanol–water partition coefficient (Wildman–Crippen LogP) is 4.28. The molecule has 0 bridgehead atoms. The van der Waals surface area contributed by atoms with Crippen LogP contribution >= 0.6 is 11.3 Å². The Morgan fingerprint density at radius 3 is 2.50 bits per heavy atom. The minimum atomic E-state index is 0.236. The molecular weight excluding hydrogens is 322 g/mol. The first-order valence-corrected chi connectivity index (χ1v) is 8.17. The Labute approximate surface area is 144 Å². The van der Waals surface area contributed by atoms with Crippen molar-refractivity contribution in [3.05, 3.63) is 59.0 Å². The van der Waals surface area contributed by atoms with E-state index in [1.165, 1.54) is 0 Å². The Morgan fingerprint density at radius 2 is 1.83 bits per heavy atom. The van der Waals surface area contributed by atoms with Crippen molar-refractivity contribution in [2.24, 2.45) is 5.10 Å². The standard InChI is InChI=1S/C18H17N3O2S/c1-12-17(14-5-9-16(23-2)10-6-14)20-18(24-12)21-19-11-13-3-7-15(22)8-4-13/h3-11,22H,1-2H3,(H,20,21)/b19-11-. The summed E-state index contributed by atoms with van der Waals surface area (Å²) in [5.41, 5.74) is 5.82. The second-order valence-corrected chi connectivity index (χ2v) is 6.32. The van der Waals surface area contributed by atoms with Crippen molar-refractivity contribution in [3.8, 4) is 22.8 Å². The Balaban J connectivity index is 1.72. The van der Waals surface area contributed by atoms with Gasteiger partial charge in [0.05, 0.1) is 19.0 Å². The van der Waals surface area contributed by atoms with Gasteiger partial charge in [0.1, 0.15) is 11.5 Å². The van der Waals surface area contributed by atoms with Crippen LogP contribution in [-0.2, 0) is 0 Å². The topological polar surface area (TPSA) is 66.7 Å². The number of hydrogen-bond donors (Lipinski definition) is 2. The van der Waals surface area contributed by atoms with E-state index in [1.807, 2.05) is 31.2 Å². The lowest BCUT2D eigenvalue weighted by molar-refractivity contribution is 0.415. The van der Waals surface area contributed by atoms with Crippen LogP contribution in [0.2, 0.25) is 0 Å². The van der Waals surface area contributed by atoms with Gasteiger partial charge in [0, 0.05) is 10.4 Å². The number of nitrogens with one attached hydrogen (secondary N) is 1. The largest absolute Gasteiger partial charge is 0.508 e. The van der Waals surface area contributed by atoms with Crippen LogP contribution in [0.15, 0.2) is 53.6 Å². The molecule has 1 heterocycles. The molecule has 6 heteroatoms. The normalized spacial score (nSPS) is 10.9. The maximum absolute atomic E-state index is 9.26. The van der Waals surface area contributed by atoms with Gasteiger partial charge in [0.15, 0.2) is 0 Å². The fourth-order valence-electron chi connectivity index (χ4n) is 2.18. The first kappa shape index (κ1) is 16.0. The number of benzene rings is 2. The van der Waals surface area contributed by atoms with Crippen LogP contribution in [0.1, 0.15) is 10.4 Å². The number of hydrogen-bond acceptors (Lipinski definition) is 6. The van der Waals surface area contributed by atoms with Crippen molar-refractivity contribution in [3.63, 3.8) is 0 Å². The maximum Gasteiger partial charge on any atom is 0.204 e. The quantitative estimate of drug-likeness (QED) is 0.538. The molecule has 1 aromatic heterocycles. The Hall–Kier alpha value is -2.86. The molecule has 0 unspecified atom stereocenters. The number of thiazole rings is 1. The number of anilines is 1. The smallest absolute Gasteiger partial charge is 0.204 e. The molecule has 0 aliphatic rings. The first-order valence-electron chi connectivity index (χ1n) is 7.35. The molecule has 0 aliphatic carbocycles. The summed E-state index contributed by atoms with van der Waals surface area (Å²) < 4.78 is 5.18. The Morgan fingerprint density at radius 1 is 1.12 bits per heavy atom. The van der Waals surface area contributed by atoms with Crippen LogP contribution in [0.4, 0.5) is 5.13 Å². The number of hydrazone groups is 1. The molecule has 122 valence electrons. The number of aryl methyl sites for hydroxylation is 1. The van der Waals surface area contributed by atoms with Crippen molar-refractivity contribution < 1.29 is 9.84 Å². The van der Waals surface area contributed by atoms with Gasteiger partial charge in [-0.05, 0) is 61.0 Å².